The molecule has 74 valence electrons. The standard InChI is InChI=1S/C8H13F2N3/c1-5-7(8(2,9)10)13-6(12-5)3-4-11/h3-4,11H2,1-2H3,(H,12,13). The van der Waals surface area contributed by atoms with Gasteiger partial charge >= 0.3 is 0 Å². The monoisotopic (exact) mass is 189 g/mol. The smallest absolute Gasteiger partial charge is 0.288 e. The van der Waals surface area contributed by atoms with Crippen LogP contribution in [0.3, 0.4) is 0 Å². The maximum Gasteiger partial charge on any atom is 0.288 e. The molecule has 0 aliphatic carbocycles. The minimum absolute atomic E-state index is 0.184. The summed E-state index contributed by atoms with van der Waals surface area (Å²) in [5, 5.41) is 0. The molecule has 0 spiro atoms. The molecule has 0 aromatic carbocycles. The molecule has 3 N–H and O–H groups in total. The lowest BCUT2D eigenvalue weighted by Gasteiger charge is -2.06. The number of nitrogens with one attached hydrogen (secondary N) is 1. The van der Waals surface area contributed by atoms with E-state index in [0.29, 0.717) is 24.5 Å². The molecule has 13 heavy (non-hydrogen) atoms. The molecule has 1 heterocycles. The summed E-state index contributed by atoms with van der Waals surface area (Å²) in [6.45, 7) is 2.82. The molecular formula is C8H13F2N3. The van der Waals surface area contributed by atoms with Gasteiger partial charge < -0.3 is 10.7 Å². The van der Waals surface area contributed by atoms with Crippen molar-refractivity contribution < 1.29 is 8.78 Å². The molecule has 0 bridgehead atoms. The molecule has 1 rings (SSSR count). The first-order chi connectivity index (χ1) is 5.95. The van der Waals surface area contributed by atoms with Gasteiger partial charge in [-0.3, -0.25) is 0 Å². The molecule has 0 radical (unpaired) electrons. The zero-order chi connectivity index (χ0) is 10.1. The van der Waals surface area contributed by atoms with Crippen LogP contribution in [0.25, 0.3) is 0 Å². The molecule has 0 aliphatic heterocycles. The molecule has 0 atom stereocenters. The predicted molar refractivity (Wildman–Crippen MR) is 45.7 cm³/mol. The van der Waals surface area contributed by atoms with Gasteiger partial charge in [0.25, 0.3) is 5.92 Å². The first kappa shape index (κ1) is 10.1. The molecule has 1 aromatic rings. The van der Waals surface area contributed by atoms with Crippen LogP contribution in [0.1, 0.15) is 24.1 Å². The second-order valence-corrected chi connectivity index (χ2v) is 3.08. The molecule has 0 unspecified atom stereocenters. The summed E-state index contributed by atoms with van der Waals surface area (Å²) in [7, 11) is 0. The Balaban J connectivity index is 2.96. The van der Waals surface area contributed by atoms with Crippen molar-refractivity contribution in [3.8, 4) is 0 Å². The number of nitrogens with two attached hydrogens (primary N) is 1. The van der Waals surface area contributed by atoms with E-state index in [9.17, 15) is 8.78 Å². The van der Waals surface area contributed by atoms with E-state index in [1.165, 1.54) is 0 Å². The lowest BCUT2D eigenvalue weighted by molar-refractivity contribution is 0.0124. The van der Waals surface area contributed by atoms with E-state index < -0.39 is 5.92 Å². The van der Waals surface area contributed by atoms with Crippen molar-refractivity contribution in [3.63, 3.8) is 0 Å². The maximum atomic E-state index is 12.9. The van der Waals surface area contributed by atoms with E-state index in [1.54, 1.807) is 6.92 Å². The van der Waals surface area contributed by atoms with Gasteiger partial charge in [0.05, 0.1) is 0 Å². The van der Waals surface area contributed by atoms with Gasteiger partial charge in [0.15, 0.2) is 0 Å². The number of imidazole rings is 1. The lowest BCUT2D eigenvalue weighted by Crippen LogP contribution is -2.10. The third kappa shape index (κ3) is 2.24. The summed E-state index contributed by atoms with van der Waals surface area (Å²) in [6, 6.07) is 0. The minimum atomic E-state index is -2.88. The van der Waals surface area contributed by atoms with E-state index in [-0.39, 0.29) is 5.69 Å². The SMILES string of the molecule is Cc1[nH]c(CCN)nc1C(C)(F)F. The van der Waals surface area contributed by atoms with Crippen molar-refractivity contribution >= 4 is 0 Å². The molecular weight excluding hydrogens is 176 g/mol. The van der Waals surface area contributed by atoms with Crippen molar-refractivity contribution in [3.05, 3.63) is 17.2 Å². The third-order valence-electron chi connectivity index (χ3n) is 1.73. The molecule has 0 saturated heterocycles. The zero-order valence-electron chi connectivity index (χ0n) is 7.69. The van der Waals surface area contributed by atoms with E-state index in [1.807, 2.05) is 0 Å². The summed E-state index contributed by atoms with van der Waals surface area (Å²) < 4.78 is 25.7. The topological polar surface area (TPSA) is 54.7 Å². The second kappa shape index (κ2) is 3.41. The largest absolute Gasteiger partial charge is 0.346 e. The average molecular weight is 189 g/mol. The Morgan fingerprint density at radius 1 is 1.54 bits per heavy atom. The molecule has 0 saturated carbocycles. The number of nitrogens with zero attached hydrogens (tertiary/aromatic N) is 1. The highest BCUT2D eigenvalue weighted by atomic mass is 19.3. The molecule has 5 heteroatoms. The van der Waals surface area contributed by atoms with Crippen LogP contribution in [0.5, 0.6) is 0 Å². The summed E-state index contributed by atoms with van der Waals surface area (Å²) in [5.41, 5.74) is 5.51. The minimum Gasteiger partial charge on any atom is -0.346 e. The highest BCUT2D eigenvalue weighted by Gasteiger charge is 2.29. The van der Waals surface area contributed by atoms with Gasteiger partial charge in [0.2, 0.25) is 0 Å². The highest BCUT2D eigenvalue weighted by Crippen LogP contribution is 2.27. The van der Waals surface area contributed by atoms with Gasteiger partial charge in [-0.2, -0.15) is 8.78 Å². The Labute approximate surface area is 75.4 Å². The summed E-state index contributed by atoms with van der Waals surface area (Å²) in [6.07, 6.45) is 0.497. The van der Waals surface area contributed by atoms with Gasteiger partial charge in [0.1, 0.15) is 11.5 Å². The summed E-state index contributed by atoms with van der Waals surface area (Å²) >= 11 is 0. The fourth-order valence-electron chi connectivity index (χ4n) is 1.20. The van der Waals surface area contributed by atoms with Crippen LogP contribution in [0, 0.1) is 6.92 Å². The summed E-state index contributed by atoms with van der Waals surface area (Å²) in [5.74, 6) is -2.36. The van der Waals surface area contributed by atoms with Crippen LogP contribution >= 0.6 is 0 Å². The zero-order valence-corrected chi connectivity index (χ0v) is 7.69. The van der Waals surface area contributed by atoms with Crippen molar-refractivity contribution in [2.75, 3.05) is 6.54 Å². The summed E-state index contributed by atoms with van der Waals surface area (Å²) in [4.78, 5) is 6.57. The fourth-order valence-corrected chi connectivity index (χ4v) is 1.20. The van der Waals surface area contributed by atoms with Crippen molar-refractivity contribution in [1.82, 2.24) is 9.97 Å². The first-order valence-electron chi connectivity index (χ1n) is 4.09. The van der Waals surface area contributed by atoms with E-state index in [0.717, 1.165) is 6.92 Å². The van der Waals surface area contributed by atoms with Crippen molar-refractivity contribution in [2.24, 2.45) is 5.73 Å². The Bertz CT molecular complexity index is 288. The van der Waals surface area contributed by atoms with Gasteiger partial charge in [-0.15, -0.1) is 0 Å². The molecule has 0 amide bonds. The Morgan fingerprint density at radius 2 is 2.15 bits per heavy atom. The molecule has 3 nitrogen and oxygen atoms in total. The first-order valence-corrected chi connectivity index (χ1v) is 4.09. The van der Waals surface area contributed by atoms with Crippen molar-refractivity contribution in [1.29, 1.82) is 0 Å². The number of halogens is 2. The van der Waals surface area contributed by atoms with Crippen LogP contribution in [-0.2, 0) is 12.3 Å². The predicted octanol–water partition coefficient (Wildman–Crippen LogP) is 1.33. The van der Waals surface area contributed by atoms with Crippen molar-refractivity contribution in [2.45, 2.75) is 26.2 Å². The number of aromatic amines is 1. The third-order valence-corrected chi connectivity index (χ3v) is 1.73. The average Bonchev–Trinajstić information content (AvgIpc) is 2.30. The normalized spacial score (nSPS) is 12.1. The van der Waals surface area contributed by atoms with Crippen LogP contribution in [0.2, 0.25) is 0 Å². The van der Waals surface area contributed by atoms with Gasteiger partial charge in [-0.1, -0.05) is 0 Å². The van der Waals surface area contributed by atoms with Crippen LogP contribution < -0.4 is 5.73 Å². The van der Waals surface area contributed by atoms with E-state index >= 15 is 0 Å². The number of aryl methyl sites for hydroxylation is 1. The molecule has 0 aliphatic rings. The fraction of sp³-hybridized carbons (Fsp3) is 0.625. The van der Waals surface area contributed by atoms with Gasteiger partial charge in [-0.25, -0.2) is 4.98 Å². The maximum absolute atomic E-state index is 12.9. The van der Waals surface area contributed by atoms with E-state index in [2.05, 4.69) is 9.97 Å². The second-order valence-electron chi connectivity index (χ2n) is 3.08. The van der Waals surface area contributed by atoms with Gasteiger partial charge in [-0.05, 0) is 13.5 Å². The number of H-pyrrole nitrogens is 1. The van der Waals surface area contributed by atoms with Crippen LogP contribution in [-0.4, -0.2) is 16.5 Å². The quantitative estimate of drug-likeness (QED) is 0.753. The highest BCUT2D eigenvalue weighted by molar-refractivity contribution is 5.17. The molecule has 1 aromatic heterocycles. The number of alkyl halides is 2. The number of hydrogen-bond donors (Lipinski definition) is 2. The Kier molecular flexibility index (Phi) is 2.66. The van der Waals surface area contributed by atoms with Gasteiger partial charge in [0, 0.05) is 19.0 Å². The number of hydrogen-bond acceptors (Lipinski definition) is 2. The lowest BCUT2D eigenvalue weighted by atomic mass is 10.2. The Morgan fingerprint density at radius 3 is 2.54 bits per heavy atom. The van der Waals surface area contributed by atoms with E-state index in [4.69, 9.17) is 5.73 Å². The van der Waals surface area contributed by atoms with Crippen LogP contribution in [0.15, 0.2) is 0 Å². The number of aromatic nitrogens is 2. The van der Waals surface area contributed by atoms with Crippen LogP contribution in [0.4, 0.5) is 8.78 Å². The Hall–Kier alpha value is -0.970. The number of rotatable bonds is 3. The molecule has 0 fully saturated rings.